The van der Waals surface area contributed by atoms with Crippen molar-refractivity contribution in [2.75, 3.05) is 6.61 Å². The summed E-state index contributed by atoms with van der Waals surface area (Å²) in [6, 6.07) is 14.8. The van der Waals surface area contributed by atoms with Crippen LogP contribution in [0.15, 0.2) is 69.6 Å². The molecule has 0 bridgehead atoms. The molecule has 8 heteroatoms. The lowest BCUT2D eigenvalue weighted by Gasteiger charge is -2.25. The Hall–Kier alpha value is -3.91. The first kappa shape index (κ1) is 24.8. The number of thiazole rings is 1. The van der Waals surface area contributed by atoms with Gasteiger partial charge in [0.1, 0.15) is 5.75 Å². The van der Waals surface area contributed by atoms with Gasteiger partial charge in [-0.05, 0) is 64.5 Å². The third kappa shape index (κ3) is 4.53. The van der Waals surface area contributed by atoms with E-state index in [-0.39, 0.29) is 11.7 Å². The highest BCUT2D eigenvalue weighted by Gasteiger charge is 2.33. The third-order valence-electron chi connectivity index (χ3n) is 6.31. The van der Waals surface area contributed by atoms with Crippen LogP contribution in [0.25, 0.3) is 17.0 Å². The summed E-state index contributed by atoms with van der Waals surface area (Å²) in [6.45, 7) is 9.87. The quantitative estimate of drug-likeness (QED) is 0.386. The lowest BCUT2D eigenvalue weighted by atomic mass is 9.96. The van der Waals surface area contributed by atoms with Crippen LogP contribution in [0.5, 0.6) is 5.75 Å². The number of carbonyl (C=O) groups excluding carboxylic acids is 1. The molecule has 0 fully saturated rings. The fourth-order valence-corrected chi connectivity index (χ4v) is 5.73. The second-order valence-electron chi connectivity index (χ2n) is 9.25. The number of rotatable bonds is 6. The molecule has 0 amide bonds. The number of nitrogens with one attached hydrogen (secondary N) is 1. The minimum absolute atomic E-state index is 0.199. The van der Waals surface area contributed by atoms with Crippen LogP contribution in [0.3, 0.4) is 0 Å². The van der Waals surface area contributed by atoms with Crippen molar-refractivity contribution in [1.82, 2.24) is 9.55 Å². The molecule has 190 valence electrons. The van der Waals surface area contributed by atoms with Crippen LogP contribution in [0.2, 0.25) is 0 Å². The van der Waals surface area contributed by atoms with E-state index in [1.165, 1.54) is 11.3 Å². The molecule has 0 spiro atoms. The highest BCUT2D eigenvalue weighted by Crippen LogP contribution is 2.32. The van der Waals surface area contributed by atoms with Gasteiger partial charge in [-0.3, -0.25) is 9.36 Å². The van der Waals surface area contributed by atoms with Crippen LogP contribution in [0.4, 0.5) is 0 Å². The SMILES string of the molecule is CCOc1ccc([C@@H]2C(C(=O)OC(C)C)=C(C)N=c3s/c(=C/c4c(C)[nH]c5ccccc45)c(=O)n32)cc1. The normalized spacial score (nSPS) is 15.7. The number of allylic oxidation sites excluding steroid dienone is 1. The fraction of sp³-hybridized carbons (Fsp3) is 0.276. The molecular weight excluding hydrogens is 486 g/mol. The minimum atomic E-state index is -0.663. The molecule has 4 aromatic rings. The lowest BCUT2D eigenvalue weighted by molar-refractivity contribution is -0.143. The average molecular weight is 516 g/mol. The van der Waals surface area contributed by atoms with E-state index in [0.29, 0.717) is 27.2 Å². The summed E-state index contributed by atoms with van der Waals surface area (Å²) in [5, 5.41) is 1.05. The van der Waals surface area contributed by atoms with Crippen molar-refractivity contribution >= 4 is 34.3 Å². The third-order valence-corrected chi connectivity index (χ3v) is 7.29. The number of hydrogen-bond acceptors (Lipinski definition) is 6. The number of H-pyrrole nitrogens is 1. The highest BCUT2D eigenvalue weighted by molar-refractivity contribution is 7.07. The number of aryl methyl sites for hydroxylation is 1. The van der Waals surface area contributed by atoms with Crippen LogP contribution in [0, 0.1) is 6.92 Å². The molecule has 0 unspecified atom stereocenters. The van der Waals surface area contributed by atoms with Crippen molar-refractivity contribution in [2.45, 2.75) is 46.8 Å². The molecule has 3 heterocycles. The zero-order valence-corrected chi connectivity index (χ0v) is 22.3. The summed E-state index contributed by atoms with van der Waals surface area (Å²) in [5.41, 5.74) is 4.45. The summed E-state index contributed by atoms with van der Waals surface area (Å²) >= 11 is 1.32. The number of ether oxygens (including phenoxy) is 2. The second kappa shape index (κ2) is 9.86. The van der Waals surface area contributed by atoms with Crippen molar-refractivity contribution in [3.05, 3.63) is 96.3 Å². The molecule has 1 N–H and O–H groups in total. The van der Waals surface area contributed by atoms with Gasteiger partial charge in [0, 0.05) is 22.2 Å². The number of hydrogen-bond donors (Lipinski definition) is 1. The Morgan fingerprint density at radius 3 is 2.59 bits per heavy atom. The lowest BCUT2D eigenvalue weighted by Crippen LogP contribution is -2.40. The maximum atomic E-state index is 13.9. The van der Waals surface area contributed by atoms with E-state index >= 15 is 0 Å². The van der Waals surface area contributed by atoms with Crippen molar-refractivity contribution in [2.24, 2.45) is 4.99 Å². The molecule has 0 radical (unpaired) electrons. The standard InChI is InChI=1S/C29H29N3O4S/c1-6-35-20-13-11-19(12-14-20)26-25(28(34)36-16(2)3)18(5)31-29-32(26)27(33)24(37-29)15-22-17(4)30-23-10-8-7-9-21(22)23/h7-16,26,30H,6H2,1-5H3/b24-15+/t26-/m1/s1. The first-order chi connectivity index (χ1) is 17.8. The Bertz CT molecular complexity index is 1700. The number of fused-ring (bicyclic) bond motifs is 2. The molecular formula is C29H29N3O4S. The van der Waals surface area contributed by atoms with Gasteiger partial charge in [0.05, 0.1) is 34.6 Å². The Labute approximate surface area is 218 Å². The Kier molecular flexibility index (Phi) is 6.60. The largest absolute Gasteiger partial charge is 0.494 e. The number of benzene rings is 2. The van der Waals surface area contributed by atoms with Crippen molar-refractivity contribution < 1.29 is 14.3 Å². The average Bonchev–Trinajstić information content (AvgIpc) is 3.34. The molecule has 0 aliphatic carbocycles. The van der Waals surface area contributed by atoms with E-state index in [4.69, 9.17) is 9.47 Å². The van der Waals surface area contributed by atoms with Gasteiger partial charge < -0.3 is 14.5 Å². The molecule has 7 nitrogen and oxygen atoms in total. The summed E-state index contributed by atoms with van der Waals surface area (Å²) in [4.78, 5) is 35.8. The molecule has 2 aromatic carbocycles. The molecule has 0 saturated carbocycles. The highest BCUT2D eigenvalue weighted by atomic mass is 32.1. The number of aromatic nitrogens is 2. The second-order valence-corrected chi connectivity index (χ2v) is 10.3. The first-order valence-electron chi connectivity index (χ1n) is 12.3. The van der Waals surface area contributed by atoms with Crippen molar-refractivity contribution in [3.8, 4) is 5.75 Å². The topological polar surface area (TPSA) is 85.7 Å². The van der Waals surface area contributed by atoms with Crippen molar-refractivity contribution in [1.29, 1.82) is 0 Å². The van der Waals surface area contributed by atoms with Gasteiger partial charge in [0.2, 0.25) is 0 Å². The summed E-state index contributed by atoms with van der Waals surface area (Å²) in [7, 11) is 0. The van der Waals surface area contributed by atoms with Gasteiger partial charge >= 0.3 is 5.97 Å². The smallest absolute Gasteiger partial charge is 0.338 e. The van der Waals surface area contributed by atoms with Crippen LogP contribution < -0.4 is 19.6 Å². The fourth-order valence-electron chi connectivity index (χ4n) is 4.70. The zero-order chi connectivity index (χ0) is 26.3. The predicted molar refractivity (Wildman–Crippen MR) is 146 cm³/mol. The van der Waals surface area contributed by atoms with Gasteiger partial charge in [-0.25, -0.2) is 9.79 Å². The van der Waals surface area contributed by atoms with Crippen LogP contribution in [-0.2, 0) is 9.53 Å². The van der Waals surface area contributed by atoms with Gasteiger partial charge in [0.15, 0.2) is 4.80 Å². The summed E-state index contributed by atoms with van der Waals surface area (Å²) < 4.78 is 13.3. The number of carbonyl (C=O) groups is 1. The summed E-state index contributed by atoms with van der Waals surface area (Å²) in [5.74, 6) is 0.248. The van der Waals surface area contributed by atoms with E-state index < -0.39 is 12.0 Å². The number of aromatic amines is 1. The predicted octanol–water partition coefficient (Wildman–Crippen LogP) is 4.38. The van der Waals surface area contributed by atoms with Gasteiger partial charge in [-0.2, -0.15) is 0 Å². The number of esters is 1. The van der Waals surface area contributed by atoms with E-state index in [2.05, 4.69) is 9.98 Å². The van der Waals surface area contributed by atoms with Crippen LogP contribution in [0.1, 0.15) is 50.6 Å². The van der Waals surface area contributed by atoms with E-state index in [9.17, 15) is 9.59 Å². The van der Waals surface area contributed by atoms with E-state index in [1.54, 1.807) is 25.3 Å². The molecule has 1 atom stereocenters. The monoisotopic (exact) mass is 515 g/mol. The molecule has 1 aliphatic heterocycles. The van der Waals surface area contributed by atoms with Gasteiger partial charge in [-0.15, -0.1) is 0 Å². The number of para-hydroxylation sites is 1. The molecule has 37 heavy (non-hydrogen) atoms. The molecule has 0 saturated heterocycles. The minimum Gasteiger partial charge on any atom is -0.494 e. The van der Waals surface area contributed by atoms with Gasteiger partial charge in [-0.1, -0.05) is 41.7 Å². The molecule has 2 aromatic heterocycles. The first-order valence-corrected chi connectivity index (χ1v) is 13.1. The Balaban J connectivity index is 1.72. The van der Waals surface area contributed by atoms with E-state index in [1.807, 2.05) is 68.5 Å². The molecule has 5 rings (SSSR count). The van der Waals surface area contributed by atoms with E-state index in [0.717, 1.165) is 33.5 Å². The van der Waals surface area contributed by atoms with Crippen LogP contribution >= 0.6 is 11.3 Å². The molecule has 1 aliphatic rings. The summed E-state index contributed by atoms with van der Waals surface area (Å²) in [6.07, 6.45) is 1.61. The Morgan fingerprint density at radius 1 is 1.16 bits per heavy atom. The van der Waals surface area contributed by atoms with Crippen LogP contribution in [-0.4, -0.2) is 28.2 Å². The number of nitrogens with zero attached hydrogens (tertiary/aromatic N) is 2. The van der Waals surface area contributed by atoms with Crippen molar-refractivity contribution in [3.63, 3.8) is 0 Å². The van der Waals surface area contributed by atoms with Gasteiger partial charge in [0.25, 0.3) is 5.56 Å². The Morgan fingerprint density at radius 2 is 1.89 bits per heavy atom. The zero-order valence-electron chi connectivity index (χ0n) is 21.5. The maximum absolute atomic E-state index is 13.9. The maximum Gasteiger partial charge on any atom is 0.338 e.